The minimum atomic E-state index is -0.540. The van der Waals surface area contributed by atoms with E-state index < -0.39 is 5.41 Å². The largest absolute Gasteiger partial charge is 0.265 e. The molecule has 0 spiro atoms. The van der Waals surface area contributed by atoms with Crippen LogP contribution in [0.5, 0.6) is 0 Å². The molecule has 3 nitrogen and oxygen atoms in total. The predicted molar refractivity (Wildman–Crippen MR) is 206 cm³/mol. The number of benzene rings is 6. The van der Waals surface area contributed by atoms with Crippen molar-refractivity contribution >= 4 is 31.6 Å². The van der Waals surface area contributed by atoms with Gasteiger partial charge in [0.1, 0.15) is 0 Å². The van der Waals surface area contributed by atoms with Crippen molar-refractivity contribution in [3.8, 4) is 44.9 Å². The maximum atomic E-state index is 5.47. The van der Waals surface area contributed by atoms with Crippen LogP contribution in [0.1, 0.15) is 22.3 Å². The van der Waals surface area contributed by atoms with Gasteiger partial charge < -0.3 is 0 Å². The summed E-state index contributed by atoms with van der Waals surface area (Å²) in [4.78, 5) is 15.3. The highest BCUT2D eigenvalue weighted by Crippen LogP contribution is 2.58. The van der Waals surface area contributed by atoms with Gasteiger partial charge in [0.2, 0.25) is 0 Å². The number of rotatable bonds is 5. The van der Waals surface area contributed by atoms with Crippen LogP contribution in [-0.4, -0.2) is 15.0 Å². The molecule has 1 aliphatic rings. The Bertz CT molecular complexity index is 2650. The van der Waals surface area contributed by atoms with E-state index in [1.54, 1.807) is 11.3 Å². The molecule has 0 N–H and O–H groups in total. The summed E-state index contributed by atoms with van der Waals surface area (Å²) in [6.07, 6.45) is 3.73. The van der Waals surface area contributed by atoms with Crippen molar-refractivity contribution in [1.29, 1.82) is 0 Å². The summed E-state index contributed by atoms with van der Waals surface area (Å²) in [5.74, 6) is 0.709. The van der Waals surface area contributed by atoms with E-state index >= 15 is 0 Å². The summed E-state index contributed by atoms with van der Waals surface area (Å²) in [6.45, 7) is 0. The Morgan fingerprint density at radius 1 is 0.460 bits per heavy atom. The highest BCUT2D eigenvalue weighted by Gasteiger charge is 2.46. The average Bonchev–Trinajstić information content (AvgIpc) is 3.72. The lowest BCUT2D eigenvalue weighted by Gasteiger charge is -2.34. The maximum absolute atomic E-state index is 5.47. The summed E-state index contributed by atoms with van der Waals surface area (Å²) >= 11 is 1.76. The highest BCUT2D eigenvalue weighted by atomic mass is 32.1. The summed E-state index contributed by atoms with van der Waals surface area (Å²) in [5, 5.41) is 1.15. The number of fused-ring (bicyclic) bond motifs is 6. The second-order valence-electron chi connectivity index (χ2n) is 12.7. The van der Waals surface area contributed by atoms with Crippen LogP contribution in [0.2, 0.25) is 0 Å². The van der Waals surface area contributed by atoms with E-state index in [1.165, 1.54) is 38.1 Å². The smallest absolute Gasteiger partial charge is 0.161 e. The first-order chi connectivity index (χ1) is 24.8. The number of thiophene rings is 1. The predicted octanol–water partition coefficient (Wildman–Crippen LogP) is 11.6. The fourth-order valence-corrected chi connectivity index (χ4v) is 9.10. The Kier molecular flexibility index (Phi) is 6.58. The first kappa shape index (κ1) is 28.8. The third-order valence-electron chi connectivity index (χ3n) is 10.1. The van der Waals surface area contributed by atoms with Gasteiger partial charge in [0.25, 0.3) is 0 Å². The van der Waals surface area contributed by atoms with Gasteiger partial charge in [-0.25, -0.2) is 9.97 Å². The zero-order chi connectivity index (χ0) is 33.1. The first-order valence-electron chi connectivity index (χ1n) is 16.9. The van der Waals surface area contributed by atoms with Crippen molar-refractivity contribution in [3.63, 3.8) is 0 Å². The molecular formula is C46H29N3S. The molecule has 0 saturated carbocycles. The molecule has 0 atom stereocenters. The number of pyridine rings is 1. The molecule has 0 fully saturated rings. The molecule has 234 valence electrons. The van der Waals surface area contributed by atoms with Gasteiger partial charge in [0.15, 0.2) is 5.82 Å². The van der Waals surface area contributed by atoms with Crippen molar-refractivity contribution in [1.82, 2.24) is 15.0 Å². The zero-order valence-electron chi connectivity index (χ0n) is 27.0. The van der Waals surface area contributed by atoms with Gasteiger partial charge in [-0.05, 0) is 74.8 Å². The summed E-state index contributed by atoms with van der Waals surface area (Å²) in [6, 6.07) is 58.8. The summed E-state index contributed by atoms with van der Waals surface area (Å²) < 4.78 is 2.31. The van der Waals surface area contributed by atoms with E-state index in [2.05, 4.69) is 169 Å². The Morgan fingerprint density at radius 2 is 1.10 bits per heavy atom. The average molecular weight is 656 g/mol. The molecule has 0 aliphatic heterocycles. The van der Waals surface area contributed by atoms with Gasteiger partial charge in [0, 0.05) is 33.6 Å². The fraction of sp³-hybridized carbons (Fsp3) is 0.0217. The van der Waals surface area contributed by atoms with Crippen molar-refractivity contribution in [3.05, 3.63) is 198 Å². The molecule has 0 radical (unpaired) electrons. The minimum absolute atomic E-state index is 0.540. The molecule has 3 aromatic heterocycles. The Balaban J connectivity index is 1.36. The van der Waals surface area contributed by atoms with Gasteiger partial charge in [-0.15, -0.1) is 11.3 Å². The molecule has 0 unspecified atom stereocenters. The van der Waals surface area contributed by atoms with Gasteiger partial charge >= 0.3 is 0 Å². The van der Waals surface area contributed by atoms with Crippen LogP contribution in [0.15, 0.2) is 176 Å². The molecule has 1 aliphatic carbocycles. The number of aromatic nitrogens is 3. The van der Waals surface area contributed by atoms with E-state index in [0.29, 0.717) is 5.82 Å². The molecule has 0 bridgehead atoms. The maximum Gasteiger partial charge on any atom is 0.161 e. The minimum Gasteiger partial charge on any atom is -0.265 e. The Hall–Kier alpha value is -6.23. The van der Waals surface area contributed by atoms with Crippen LogP contribution in [0.3, 0.4) is 0 Å². The standard InChI is InChI=1S/C46H29N3S/c1-4-14-31(15-5-1)42-44-43(35-21-11-13-23-41(35)50-44)49-45(48-42)38-29-40-37(28-36(38)30-24-26-47-27-25-30)34-20-10-12-22-39(34)46(40,32-16-6-2-7-17-32)33-18-8-3-9-19-33/h1-29H. The van der Waals surface area contributed by atoms with Gasteiger partial charge in [-0.3, -0.25) is 4.98 Å². The van der Waals surface area contributed by atoms with E-state index in [0.717, 1.165) is 43.6 Å². The van der Waals surface area contributed by atoms with E-state index in [1.807, 2.05) is 12.4 Å². The molecule has 6 aromatic carbocycles. The van der Waals surface area contributed by atoms with Crippen molar-refractivity contribution < 1.29 is 0 Å². The lowest BCUT2D eigenvalue weighted by atomic mass is 9.67. The van der Waals surface area contributed by atoms with Gasteiger partial charge in [-0.1, -0.05) is 133 Å². The van der Waals surface area contributed by atoms with Crippen molar-refractivity contribution in [2.45, 2.75) is 5.41 Å². The molecule has 0 amide bonds. The third-order valence-corrected chi connectivity index (χ3v) is 11.3. The topological polar surface area (TPSA) is 38.7 Å². The van der Waals surface area contributed by atoms with Crippen LogP contribution in [0.4, 0.5) is 0 Å². The molecule has 0 saturated heterocycles. The number of hydrogen-bond donors (Lipinski definition) is 0. The van der Waals surface area contributed by atoms with Crippen LogP contribution in [0, 0.1) is 0 Å². The molecule has 50 heavy (non-hydrogen) atoms. The lowest BCUT2D eigenvalue weighted by molar-refractivity contribution is 0.768. The zero-order valence-corrected chi connectivity index (χ0v) is 27.8. The van der Waals surface area contributed by atoms with Crippen LogP contribution >= 0.6 is 11.3 Å². The lowest BCUT2D eigenvalue weighted by Crippen LogP contribution is -2.28. The molecular weight excluding hydrogens is 627 g/mol. The Labute approximate surface area is 294 Å². The number of hydrogen-bond acceptors (Lipinski definition) is 4. The van der Waals surface area contributed by atoms with E-state index in [9.17, 15) is 0 Å². The molecule has 4 heteroatoms. The SMILES string of the molecule is c1ccc(-c2nc(-c3cc4c(cc3-c3ccncc3)-c3ccccc3C4(c3ccccc3)c3ccccc3)nc3c2sc2ccccc23)cc1. The quantitative estimate of drug-likeness (QED) is 0.185. The monoisotopic (exact) mass is 655 g/mol. The fourth-order valence-electron chi connectivity index (χ4n) is 7.95. The normalized spacial score (nSPS) is 13.0. The molecule has 9 aromatic rings. The third kappa shape index (κ3) is 4.25. The highest BCUT2D eigenvalue weighted by molar-refractivity contribution is 7.26. The molecule has 3 heterocycles. The van der Waals surface area contributed by atoms with E-state index in [-0.39, 0.29) is 0 Å². The first-order valence-corrected chi connectivity index (χ1v) is 17.7. The summed E-state index contributed by atoms with van der Waals surface area (Å²) in [7, 11) is 0. The van der Waals surface area contributed by atoms with Crippen molar-refractivity contribution in [2.24, 2.45) is 0 Å². The van der Waals surface area contributed by atoms with Crippen molar-refractivity contribution in [2.75, 3.05) is 0 Å². The molecule has 10 rings (SSSR count). The van der Waals surface area contributed by atoms with E-state index in [4.69, 9.17) is 9.97 Å². The Morgan fingerprint density at radius 3 is 1.84 bits per heavy atom. The second kappa shape index (κ2) is 11.4. The van der Waals surface area contributed by atoms with Gasteiger partial charge in [0.05, 0.1) is 21.3 Å². The summed E-state index contributed by atoms with van der Waals surface area (Å²) in [5.41, 5.74) is 13.0. The second-order valence-corrected chi connectivity index (χ2v) is 13.8. The van der Waals surface area contributed by atoms with Gasteiger partial charge in [-0.2, -0.15) is 0 Å². The number of nitrogens with zero attached hydrogens (tertiary/aromatic N) is 3. The van der Waals surface area contributed by atoms with Crippen LogP contribution < -0.4 is 0 Å². The van der Waals surface area contributed by atoms with Crippen LogP contribution in [0.25, 0.3) is 65.2 Å². The van der Waals surface area contributed by atoms with Crippen LogP contribution in [-0.2, 0) is 5.41 Å².